The zero-order valence-electron chi connectivity index (χ0n) is 7.99. The molecule has 0 saturated heterocycles. The second-order valence-corrected chi connectivity index (χ2v) is 2.89. The molecule has 0 saturated carbocycles. The van der Waals surface area contributed by atoms with Crippen molar-refractivity contribution >= 4 is 5.96 Å². The first-order chi connectivity index (χ1) is 6.24. The number of hydrogen-bond acceptors (Lipinski definition) is 1. The number of nitrogens with zero attached hydrogens (tertiary/aromatic N) is 1. The normalized spacial score (nSPS) is 13.8. The van der Waals surface area contributed by atoms with Gasteiger partial charge in [0.25, 0.3) is 0 Å². The van der Waals surface area contributed by atoms with E-state index in [1.165, 1.54) is 5.56 Å². The molecule has 0 spiro atoms. The van der Waals surface area contributed by atoms with Gasteiger partial charge in [0.05, 0.1) is 6.04 Å². The first-order valence-corrected chi connectivity index (χ1v) is 4.27. The van der Waals surface area contributed by atoms with E-state index in [0.29, 0.717) is 5.96 Å². The van der Waals surface area contributed by atoms with E-state index < -0.39 is 0 Å². The molecule has 3 heteroatoms. The molecule has 1 aromatic carbocycles. The minimum atomic E-state index is 0.199. The Hall–Kier alpha value is -1.51. The summed E-state index contributed by atoms with van der Waals surface area (Å²) in [6.07, 6.45) is 0. The molecule has 0 aromatic heterocycles. The summed E-state index contributed by atoms with van der Waals surface area (Å²) in [6.45, 7) is 2.05. The van der Waals surface area contributed by atoms with Crippen molar-refractivity contribution in [3.63, 3.8) is 0 Å². The largest absolute Gasteiger partial charge is 0.370 e. The van der Waals surface area contributed by atoms with Gasteiger partial charge >= 0.3 is 0 Å². The summed E-state index contributed by atoms with van der Waals surface area (Å²) in [6, 6.07) is 10.3. The quantitative estimate of drug-likeness (QED) is 0.528. The lowest BCUT2D eigenvalue weighted by molar-refractivity contribution is 0.711. The minimum absolute atomic E-state index is 0.199. The van der Waals surface area contributed by atoms with Crippen molar-refractivity contribution in [1.82, 2.24) is 5.32 Å². The van der Waals surface area contributed by atoms with Gasteiger partial charge in [0.15, 0.2) is 5.96 Å². The van der Waals surface area contributed by atoms with E-state index in [1.54, 1.807) is 7.05 Å². The van der Waals surface area contributed by atoms with E-state index in [9.17, 15) is 0 Å². The molecule has 1 atom stereocenters. The van der Waals surface area contributed by atoms with Crippen LogP contribution >= 0.6 is 0 Å². The number of nitrogens with two attached hydrogens (primary N) is 1. The maximum Gasteiger partial charge on any atom is 0.188 e. The van der Waals surface area contributed by atoms with Crippen molar-refractivity contribution < 1.29 is 0 Å². The highest BCUT2D eigenvalue weighted by Gasteiger charge is 2.03. The van der Waals surface area contributed by atoms with Gasteiger partial charge in [0.1, 0.15) is 0 Å². The molecule has 0 amide bonds. The number of hydrogen-bond donors (Lipinski definition) is 2. The Morgan fingerprint density at radius 3 is 2.54 bits per heavy atom. The minimum Gasteiger partial charge on any atom is -0.370 e. The average Bonchev–Trinajstić information content (AvgIpc) is 2.19. The van der Waals surface area contributed by atoms with E-state index in [4.69, 9.17) is 5.73 Å². The molecule has 3 N–H and O–H groups in total. The van der Waals surface area contributed by atoms with Gasteiger partial charge in [-0.3, -0.25) is 4.99 Å². The standard InChI is InChI=1S/C10H15N3/c1-8(13-10(11)12-2)9-6-4-3-5-7-9/h3-8H,1-2H3,(H3,11,12,13)/t8-/m1/s1. The van der Waals surface area contributed by atoms with Gasteiger partial charge in [-0.25, -0.2) is 0 Å². The van der Waals surface area contributed by atoms with Crippen LogP contribution in [-0.2, 0) is 0 Å². The van der Waals surface area contributed by atoms with Crippen LogP contribution < -0.4 is 11.1 Å². The van der Waals surface area contributed by atoms with Gasteiger partial charge in [-0.1, -0.05) is 30.3 Å². The summed E-state index contributed by atoms with van der Waals surface area (Å²) in [4.78, 5) is 3.84. The fourth-order valence-corrected chi connectivity index (χ4v) is 1.11. The molecule has 0 fully saturated rings. The maximum atomic E-state index is 5.55. The monoisotopic (exact) mass is 177 g/mol. The van der Waals surface area contributed by atoms with Crippen LogP contribution in [0.5, 0.6) is 0 Å². The number of benzene rings is 1. The van der Waals surface area contributed by atoms with E-state index in [-0.39, 0.29) is 6.04 Å². The summed E-state index contributed by atoms with van der Waals surface area (Å²) >= 11 is 0. The topological polar surface area (TPSA) is 50.4 Å². The van der Waals surface area contributed by atoms with Crippen LogP contribution in [0.4, 0.5) is 0 Å². The first kappa shape index (κ1) is 9.58. The maximum absolute atomic E-state index is 5.55. The van der Waals surface area contributed by atoms with Crippen LogP contribution in [0.15, 0.2) is 35.3 Å². The van der Waals surface area contributed by atoms with Crippen LogP contribution in [-0.4, -0.2) is 13.0 Å². The molecule has 3 nitrogen and oxygen atoms in total. The van der Waals surface area contributed by atoms with Crippen molar-refractivity contribution in [1.29, 1.82) is 0 Å². The summed E-state index contributed by atoms with van der Waals surface area (Å²) in [5.74, 6) is 0.469. The number of nitrogens with one attached hydrogen (secondary N) is 1. The fraction of sp³-hybridized carbons (Fsp3) is 0.300. The Balaban J connectivity index is 2.64. The Kier molecular flexibility index (Phi) is 3.31. The van der Waals surface area contributed by atoms with Gasteiger partial charge in [-0.2, -0.15) is 0 Å². The molecule has 0 unspecified atom stereocenters. The molecule has 1 rings (SSSR count). The molecular weight excluding hydrogens is 162 g/mol. The second-order valence-electron chi connectivity index (χ2n) is 2.89. The van der Waals surface area contributed by atoms with Gasteiger partial charge in [0, 0.05) is 7.05 Å². The Morgan fingerprint density at radius 2 is 2.00 bits per heavy atom. The Bertz CT molecular complexity index is 279. The number of rotatable bonds is 2. The molecule has 0 radical (unpaired) electrons. The van der Waals surface area contributed by atoms with Crippen molar-refractivity contribution in [2.75, 3.05) is 7.05 Å². The van der Waals surface area contributed by atoms with Crippen LogP contribution in [0, 0.1) is 0 Å². The van der Waals surface area contributed by atoms with Crippen molar-refractivity contribution in [2.45, 2.75) is 13.0 Å². The Labute approximate surface area is 78.7 Å². The molecule has 0 aliphatic rings. The van der Waals surface area contributed by atoms with Crippen LogP contribution in [0.2, 0.25) is 0 Å². The van der Waals surface area contributed by atoms with Crippen LogP contribution in [0.3, 0.4) is 0 Å². The molecule has 1 aromatic rings. The Morgan fingerprint density at radius 1 is 1.38 bits per heavy atom. The SMILES string of the molecule is CN=C(N)N[C@H](C)c1ccccc1. The summed E-state index contributed by atoms with van der Waals surface area (Å²) in [5, 5.41) is 3.07. The van der Waals surface area contributed by atoms with Crippen LogP contribution in [0.1, 0.15) is 18.5 Å². The number of guanidine groups is 1. The molecule has 70 valence electrons. The molecule has 0 aliphatic carbocycles. The lowest BCUT2D eigenvalue weighted by atomic mass is 10.1. The average molecular weight is 177 g/mol. The molecule has 0 aliphatic heterocycles. The summed E-state index contributed by atoms with van der Waals surface area (Å²) in [5.41, 5.74) is 6.75. The highest BCUT2D eigenvalue weighted by molar-refractivity contribution is 5.78. The van der Waals surface area contributed by atoms with E-state index in [1.807, 2.05) is 25.1 Å². The van der Waals surface area contributed by atoms with Gasteiger partial charge in [-0.15, -0.1) is 0 Å². The highest BCUT2D eigenvalue weighted by atomic mass is 15.1. The highest BCUT2D eigenvalue weighted by Crippen LogP contribution is 2.10. The van der Waals surface area contributed by atoms with Crippen molar-refractivity contribution in [3.8, 4) is 0 Å². The zero-order chi connectivity index (χ0) is 9.68. The summed E-state index contributed by atoms with van der Waals surface area (Å²) < 4.78 is 0. The lowest BCUT2D eigenvalue weighted by Crippen LogP contribution is -2.33. The van der Waals surface area contributed by atoms with E-state index in [2.05, 4.69) is 22.4 Å². The molecule has 13 heavy (non-hydrogen) atoms. The van der Waals surface area contributed by atoms with Crippen molar-refractivity contribution in [2.24, 2.45) is 10.7 Å². The van der Waals surface area contributed by atoms with E-state index >= 15 is 0 Å². The lowest BCUT2D eigenvalue weighted by Gasteiger charge is -2.13. The van der Waals surface area contributed by atoms with Gasteiger partial charge in [0.2, 0.25) is 0 Å². The second kappa shape index (κ2) is 4.50. The predicted octanol–water partition coefficient (Wildman–Crippen LogP) is 1.28. The molecule has 0 heterocycles. The third kappa shape index (κ3) is 2.78. The van der Waals surface area contributed by atoms with Crippen molar-refractivity contribution in [3.05, 3.63) is 35.9 Å². The molecule has 0 bridgehead atoms. The van der Waals surface area contributed by atoms with E-state index in [0.717, 1.165) is 0 Å². The summed E-state index contributed by atoms with van der Waals surface area (Å²) in [7, 11) is 1.67. The third-order valence-corrected chi connectivity index (χ3v) is 1.90. The fourth-order valence-electron chi connectivity index (χ4n) is 1.11. The third-order valence-electron chi connectivity index (χ3n) is 1.90. The smallest absolute Gasteiger partial charge is 0.188 e. The molecular formula is C10H15N3. The zero-order valence-corrected chi connectivity index (χ0v) is 7.99. The van der Waals surface area contributed by atoms with Gasteiger partial charge < -0.3 is 11.1 Å². The first-order valence-electron chi connectivity index (χ1n) is 4.27. The van der Waals surface area contributed by atoms with Crippen LogP contribution in [0.25, 0.3) is 0 Å². The number of aliphatic imine (C=N–C) groups is 1. The van der Waals surface area contributed by atoms with Gasteiger partial charge in [-0.05, 0) is 12.5 Å². The predicted molar refractivity (Wildman–Crippen MR) is 55.5 cm³/mol.